The first-order chi connectivity index (χ1) is 11.7. The molecule has 4 bridgehead atoms. The van der Waals surface area contributed by atoms with Crippen molar-refractivity contribution in [3.8, 4) is 0 Å². The van der Waals surface area contributed by atoms with E-state index < -0.39 is 0 Å². The molecular weight excluding hydrogens is 302 g/mol. The summed E-state index contributed by atoms with van der Waals surface area (Å²) in [5.74, 6) is 3.57. The lowest BCUT2D eigenvalue weighted by Crippen LogP contribution is -2.59. The van der Waals surface area contributed by atoms with Crippen LogP contribution in [0.15, 0.2) is 10.7 Å². The number of piperidine rings is 1. The van der Waals surface area contributed by atoms with Gasteiger partial charge in [-0.15, -0.1) is 0 Å². The molecule has 4 aliphatic carbocycles. The number of carbonyl (C=O) groups excluding carboxylic acids is 1. The maximum Gasteiger partial charge on any atom is 0.273 e. The van der Waals surface area contributed by atoms with Gasteiger partial charge < -0.3 is 15.1 Å². The molecule has 6 rings (SSSR count). The predicted octanol–water partition coefficient (Wildman–Crippen LogP) is 2.84. The fourth-order valence-electron chi connectivity index (χ4n) is 6.22. The van der Waals surface area contributed by atoms with E-state index in [-0.39, 0.29) is 11.4 Å². The third-order valence-electron chi connectivity index (χ3n) is 6.86. The summed E-state index contributed by atoms with van der Waals surface area (Å²) < 4.78 is 5.65. The molecule has 1 aromatic rings. The largest absolute Gasteiger partial charge is 0.448 e. The second-order valence-electron chi connectivity index (χ2n) is 8.75. The molecule has 4 saturated carbocycles. The van der Waals surface area contributed by atoms with Gasteiger partial charge in [0.05, 0.1) is 0 Å². The summed E-state index contributed by atoms with van der Waals surface area (Å²) in [5, 5.41) is 6.73. The molecule has 0 unspecified atom stereocenters. The van der Waals surface area contributed by atoms with Gasteiger partial charge in [0.15, 0.2) is 11.6 Å². The first kappa shape index (κ1) is 14.9. The molecule has 130 valence electrons. The molecular formula is C19H27N3O2. The van der Waals surface area contributed by atoms with E-state index in [4.69, 9.17) is 4.42 Å². The highest BCUT2D eigenvalue weighted by atomic mass is 16.3. The molecule has 5 heteroatoms. The number of hydrogen-bond acceptors (Lipinski definition) is 4. The Hall–Kier alpha value is -1.36. The number of amides is 1. The Labute approximate surface area is 143 Å². The summed E-state index contributed by atoms with van der Waals surface area (Å²) in [4.78, 5) is 17.3. The Balaban J connectivity index is 1.30. The molecule has 1 saturated heterocycles. The van der Waals surface area contributed by atoms with Crippen LogP contribution in [0.3, 0.4) is 0 Å². The SMILES string of the molecule is O=C(NC12CC3CC(CC(C3)C1)C2)c1coc(C2CCNCC2)n1. The highest BCUT2D eigenvalue weighted by molar-refractivity contribution is 5.92. The number of nitrogens with one attached hydrogen (secondary N) is 2. The van der Waals surface area contributed by atoms with Crippen molar-refractivity contribution in [2.75, 3.05) is 13.1 Å². The Kier molecular flexibility index (Phi) is 3.47. The Morgan fingerprint density at radius 1 is 1.12 bits per heavy atom. The van der Waals surface area contributed by atoms with E-state index in [2.05, 4.69) is 15.6 Å². The molecule has 0 radical (unpaired) electrons. The van der Waals surface area contributed by atoms with Crippen molar-refractivity contribution >= 4 is 5.91 Å². The average molecular weight is 329 g/mol. The van der Waals surface area contributed by atoms with Crippen LogP contribution in [0.4, 0.5) is 0 Å². The Morgan fingerprint density at radius 2 is 1.75 bits per heavy atom. The number of oxazole rings is 1. The molecule has 1 aromatic heterocycles. The highest BCUT2D eigenvalue weighted by Crippen LogP contribution is 2.55. The van der Waals surface area contributed by atoms with Crippen LogP contribution in [0, 0.1) is 17.8 Å². The molecule has 24 heavy (non-hydrogen) atoms. The Morgan fingerprint density at radius 3 is 2.38 bits per heavy atom. The van der Waals surface area contributed by atoms with E-state index in [1.165, 1.54) is 38.5 Å². The Bertz CT molecular complexity index is 597. The van der Waals surface area contributed by atoms with Crippen molar-refractivity contribution in [3.05, 3.63) is 17.8 Å². The molecule has 5 nitrogen and oxygen atoms in total. The zero-order chi connectivity index (χ0) is 16.1. The van der Waals surface area contributed by atoms with Gasteiger partial charge in [-0.25, -0.2) is 4.98 Å². The molecule has 1 amide bonds. The minimum atomic E-state index is -0.0270. The van der Waals surface area contributed by atoms with Crippen molar-refractivity contribution in [3.63, 3.8) is 0 Å². The first-order valence-corrected chi connectivity index (χ1v) is 9.68. The number of carbonyl (C=O) groups is 1. The van der Waals surface area contributed by atoms with Crippen LogP contribution in [0.2, 0.25) is 0 Å². The van der Waals surface area contributed by atoms with E-state index in [9.17, 15) is 4.79 Å². The molecule has 2 heterocycles. The lowest BCUT2D eigenvalue weighted by molar-refractivity contribution is -0.0167. The van der Waals surface area contributed by atoms with Crippen LogP contribution >= 0.6 is 0 Å². The van der Waals surface area contributed by atoms with Crippen LogP contribution in [0.5, 0.6) is 0 Å². The first-order valence-electron chi connectivity index (χ1n) is 9.68. The van der Waals surface area contributed by atoms with Gasteiger partial charge in [-0.3, -0.25) is 4.79 Å². The van der Waals surface area contributed by atoms with Gasteiger partial charge in [0, 0.05) is 11.5 Å². The molecule has 2 N–H and O–H groups in total. The van der Waals surface area contributed by atoms with Gasteiger partial charge in [-0.1, -0.05) is 0 Å². The molecule has 1 aliphatic heterocycles. The summed E-state index contributed by atoms with van der Waals surface area (Å²) >= 11 is 0. The summed E-state index contributed by atoms with van der Waals surface area (Å²) in [7, 11) is 0. The van der Waals surface area contributed by atoms with Gasteiger partial charge in [0.1, 0.15) is 6.26 Å². The summed E-state index contributed by atoms with van der Waals surface area (Å²) in [6.45, 7) is 2.00. The third kappa shape index (κ3) is 2.57. The van der Waals surface area contributed by atoms with E-state index in [1.807, 2.05) is 0 Å². The number of aromatic nitrogens is 1. The monoisotopic (exact) mass is 329 g/mol. The van der Waals surface area contributed by atoms with Crippen LogP contribution in [0.1, 0.15) is 73.7 Å². The van der Waals surface area contributed by atoms with Gasteiger partial charge >= 0.3 is 0 Å². The molecule has 5 fully saturated rings. The van der Waals surface area contributed by atoms with E-state index in [1.54, 1.807) is 6.26 Å². The minimum Gasteiger partial charge on any atom is -0.448 e. The fourth-order valence-corrected chi connectivity index (χ4v) is 6.22. The minimum absolute atomic E-state index is 0.0270. The average Bonchev–Trinajstić information content (AvgIpc) is 3.04. The lowest BCUT2D eigenvalue weighted by Gasteiger charge is -2.56. The fraction of sp³-hybridized carbons (Fsp3) is 0.789. The van der Waals surface area contributed by atoms with Gasteiger partial charge in [0.2, 0.25) is 0 Å². The predicted molar refractivity (Wildman–Crippen MR) is 89.7 cm³/mol. The van der Waals surface area contributed by atoms with E-state index in [0.717, 1.165) is 49.6 Å². The highest BCUT2D eigenvalue weighted by Gasteiger charge is 2.51. The maximum absolute atomic E-state index is 12.8. The topological polar surface area (TPSA) is 67.2 Å². The quantitative estimate of drug-likeness (QED) is 0.895. The molecule has 5 aliphatic rings. The normalized spacial score (nSPS) is 38.4. The standard InChI is InChI=1S/C19H27N3O2/c23-17(16-11-24-18(21-16)15-1-3-20-4-2-15)22-19-8-12-5-13(9-19)7-14(6-12)10-19/h11-15,20H,1-10H2,(H,22,23). The van der Waals surface area contributed by atoms with Crippen LogP contribution in [-0.2, 0) is 0 Å². The van der Waals surface area contributed by atoms with Crippen molar-refractivity contribution in [2.45, 2.75) is 62.8 Å². The van der Waals surface area contributed by atoms with Gasteiger partial charge in [-0.05, 0) is 82.2 Å². The summed E-state index contributed by atoms with van der Waals surface area (Å²) in [6.07, 6.45) is 11.3. The van der Waals surface area contributed by atoms with Crippen LogP contribution in [-0.4, -0.2) is 29.5 Å². The smallest absolute Gasteiger partial charge is 0.273 e. The third-order valence-corrected chi connectivity index (χ3v) is 6.86. The van der Waals surface area contributed by atoms with E-state index in [0.29, 0.717) is 11.6 Å². The molecule has 0 aromatic carbocycles. The van der Waals surface area contributed by atoms with Crippen molar-refractivity contribution in [2.24, 2.45) is 17.8 Å². The molecule has 0 atom stereocenters. The van der Waals surface area contributed by atoms with E-state index >= 15 is 0 Å². The van der Waals surface area contributed by atoms with Crippen molar-refractivity contribution < 1.29 is 9.21 Å². The van der Waals surface area contributed by atoms with Gasteiger partial charge in [0.25, 0.3) is 5.91 Å². The summed E-state index contributed by atoms with van der Waals surface area (Å²) in [5.41, 5.74) is 0.513. The van der Waals surface area contributed by atoms with Crippen LogP contribution < -0.4 is 10.6 Å². The number of hydrogen-bond donors (Lipinski definition) is 2. The second kappa shape index (κ2) is 5.58. The zero-order valence-electron chi connectivity index (χ0n) is 14.2. The van der Waals surface area contributed by atoms with Crippen molar-refractivity contribution in [1.82, 2.24) is 15.6 Å². The number of rotatable bonds is 3. The second-order valence-corrected chi connectivity index (χ2v) is 8.75. The maximum atomic E-state index is 12.8. The number of nitrogens with zero attached hydrogens (tertiary/aromatic N) is 1. The van der Waals surface area contributed by atoms with Crippen LogP contribution in [0.25, 0.3) is 0 Å². The summed E-state index contributed by atoms with van der Waals surface area (Å²) in [6, 6.07) is 0. The van der Waals surface area contributed by atoms with Crippen molar-refractivity contribution in [1.29, 1.82) is 0 Å². The van der Waals surface area contributed by atoms with Gasteiger partial charge in [-0.2, -0.15) is 0 Å². The lowest BCUT2D eigenvalue weighted by atomic mass is 9.53. The zero-order valence-corrected chi connectivity index (χ0v) is 14.2. The molecule has 0 spiro atoms.